The second kappa shape index (κ2) is 11.5. The van der Waals surface area contributed by atoms with E-state index in [9.17, 15) is 10.1 Å². The first-order valence-electron chi connectivity index (χ1n) is 10.8. The van der Waals surface area contributed by atoms with E-state index >= 15 is 0 Å². The number of ether oxygens (including phenoxy) is 2. The largest absolute Gasteiger partial charge is 0.490 e. The molecule has 2 aromatic carbocycles. The van der Waals surface area contributed by atoms with Gasteiger partial charge in [-0.2, -0.15) is 10.4 Å². The summed E-state index contributed by atoms with van der Waals surface area (Å²) in [5.74, 6) is 2.02. The highest BCUT2D eigenvalue weighted by Gasteiger charge is 2.13. The van der Waals surface area contributed by atoms with Crippen molar-refractivity contribution in [2.24, 2.45) is 11.0 Å². The van der Waals surface area contributed by atoms with Crippen molar-refractivity contribution >= 4 is 12.2 Å². The zero-order valence-electron chi connectivity index (χ0n) is 19.0. The third-order valence-corrected chi connectivity index (χ3v) is 4.68. The van der Waals surface area contributed by atoms with E-state index in [1.165, 1.54) is 0 Å². The van der Waals surface area contributed by atoms with E-state index in [-0.39, 0.29) is 11.5 Å². The predicted octanol–water partition coefficient (Wildman–Crippen LogP) is 4.58. The Kier molecular flexibility index (Phi) is 8.19. The van der Waals surface area contributed by atoms with Crippen LogP contribution in [0.25, 0.3) is 11.3 Å². The van der Waals surface area contributed by atoms with Gasteiger partial charge in [0, 0.05) is 5.56 Å². The minimum Gasteiger partial charge on any atom is -0.490 e. The Morgan fingerprint density at radius 2 is 1.97 bits per heavy atom. The lowest BCUT2D eigenvalue weighted by Crippen LogP contribution is -2.16. The van der Waals surface area contributed by atoms with Gasteiger partial charge in [0.25, 0.3) is 5.56 Å². The monoisotopic (exact) mass is 445 g/mol. The molecule has 0 spiro atoms. The summed E-state index contributed by atoms with van der Waals surface area (Å²) in [5, 5.41) is 13.5. The molecule has 0 fully saturated rings. The standard InChI is InChI=1S/C25H27N5O3/c1-4-32-22-14-18(10-11-21(22)33-13-12-17(2)3)16-27-30-25-28-23(19-8-6-5-7-9-19)20(15-26)24(31)29-25/h5-11,14,16-17H,4,12-13H2,1-3H3,(H2,28,29,30,31). The average Bonchev–Trinajstić information content (AvgIpc) is 2.80. The highest BCUT2D eigenvalue weighted by molar-refractivity contribution is 5.81. The van der Waals surface area contributed by atoms with E-state index in [0.29, 0.717) is 41.9 Å². The lowest BCUT2D eigenvalue weighted by molar-refractivity contribution is 0.261. The molecule has 3 aromatic rings. The first kappa shape index (κ1) is 23.5. The maximum atomic E-state index is 12.3. The summed E-state index contributed by atoms with van der Waals surface area (Å²) >= 11 is 0. The number of rotatable bonds is 10. The molecular formula is C25H27N5O3. The van der Waals surface area contributed by atoms with Crippen molar-refractivity contribution in [1.82, 2.24) is 9.97 Å². The molecule has 0 unspecified atom stereocenters. The lowest BCUT2D eigenvalue weighted by Gasteiger charge is -2.13. The number of nitrogens with one attached hydrogen (secondary N) is 2. The van der Waals surface area contributed by atoms with Crippen LogP contribution in [-0.4, -0.2) is 29.4 Å². The molecule has 2 N–H and O–H groups in total. The van der Waals surface area contributed by atoms with E-state index in [1.807, 2.05) is 49.4 Å². The third kappa shape index (κ3) is 6.43. The van der Waals surface area contributed by atoms with Crippen LogP contribution in [0, 0.1) is 17.2 Å². The SMILES string of the molecule is CCOc1cc(C=NNc2nc(-c3ccccc3)c(C#N)c(=O)[nH]2)ccc1OCCC(C)C. The Labute approximate surface area is 192 Å². The van der Waals surface area contributed by atoms with E-state index in [4.69, 9.17) is 9.47 Å². The molecule has 170 valence electrons. The van der Waals surface area contributed by atoms with Crippen molar-refractivity contribution in [3.8, 4) is 28.8 Å². The Balaban J connectivity index is 1.78. The molecule has 0 saturated carbocycles. The van der Waals surface area contributed by atoms with Crippen LogP contribution in [-0.2, 0) is 0 Å². The molecule has 0 atom stereocenters. The summed E-state index contributed by atoms with van der Waals surface area (Å²) in [6.45, 7) is 7.35. The Bertz CT molecular complexity index is 1200. The van der Waals surface area contributed by atoms with Gasteiger partial charge in [-0.05, 0) is 43.0 Å². The number of nitriles is 1. The molecule has 1 aromatic heterocycles. The van der Waals surface area contributed by atoms with Crippen LogP contribution < -0.4 is 20.5 Å². The predicted molar refractivity (Wildman–Crippen MR) is 129 cm³/mol. The molecule has 0 aliphatic rings. The number of hydrogen-bond acceptors (Lipinski definition) is 7. The maximum absolute atomic E-state index is 12.3. The molecule has 1 heterocycles. The van der Waals surface area contributed by atoms with Crippen molar-refractivity contribution in [3.63, 3.8) is 0 Å². The van der Waals surface area contributed by atoms with Crippen LogP contribution in [0.4, 0.5) is 5.95 Å². The van der Waals surface area contributed by atoms with Gasteiger partial charge in [0.1, 0.15) is 11.6 Å². The van der Waals surface area contributed by atoms with Crippen molar-refractivity contribution < 1.29 is 9.47 Å². The number of hydrazone groups is 1. The summed E-state index contributed by atoms with van der Waals surface area (Å²) in [6, 6.07) is 16.5. The first-order valence-corrected chi connectivity index (χ1v) is 10.8. The van der Waals surface area contributed by atoms with Gasteiger partial charge in [-0.25, -0.2) is 10.4 Å². The summed E-state index contributed by atoms with van der Waals surface area (Å²) in [7, 11) is 0. The van der Waals surface area contributed by atoms with Crippen LogP contribution in [0.1, 0.15) is 38.3 Å². The van der Waals surface area contributed by atoms with Crippen molar-refractivity contribution in [2.75, 3.05) is 18.6 Å². The summed E-state index contributed by atoms with van der Waals surface area (Å²) in [5.41, 5.74) is 3.88. The van der Waals surface area contributed by atoms with Gasteiger partial charge in [-0.15, -0.1) is 0 Å². The van der Waals surface area contributed by atoms with Crippen molar-refractivity contribution in [2.45, 2.75) is 27.2 Å². The Morgan fingerprint density at radius 3 is 2.67 bits per heavy atom. The zero-order valence-corrected chi connectivity index (χ0v) is 19.0. The highest BCUT2D eigenvalue weighted by atomic mass is 16.5. The van der Waals surface area contributed by atoms with Crippen LogP contribution in [0.3, 0.4) is 0 Å². The third-order valence-electron chi connectivity index (χ3n) is 4.68. The fraction of sp³-hybridized carbons (Fsp3) is 0.280. The number of aromatic nitrogens is 2. The second-order valence-electron chi connectivity index (χ2n) is 7.66. The molecule has 0 radical (unpaired) electrons. The molecule has 0 aliphatic heterocycles. The molecule has 8 nitrogen and oxygen atoms in total. The fourth-order valence-corrected chi connectivity index (χ4v) is 3.00. The molecule has 0 aliphatic carbocycles. The quantitative estimate of drug-likeness (QED) is 0.349. The molecule has 33 heavy (non-hydrogen) atoms. The smallest absolute Gasteiger partial charge is 0.270 e. The second-order valence-corrected chi connectivity index (χ2v) is 7.66. The highest BCUT2D eigenvalue weighted by Crippen LogP contribution is 2.28. The van der Waals surface area contributed by atoms with Crippen molar-refractivity contribution in [3.05, 3.63) is 70.0 Å². The van der Waals surface area contributed by atoms with E-state index in [2.05, 4.69) is 34.3 Å². The number of aromatic amines is 1. The topological polar surface area (TPSA) is 112 Å². The molecular weight excluding hydrogens is 418 g/mol. The van der Waals surface area contributed by atoms with Crippen LogP contribution in [0.15, 0.2) is 58.4 Å². The summed E-state index contributed by atoms with van der Waals surface area (Å²) in [4.78, 5) is 19.2. The fourth-order valence-electron chi connectivity index (χ4n) is 3.00. The number of nitrogens with zero attached hydrogens (tertiary/aromatic N) is 3. The molecule has 0 bridgehead atoms. The Hall–Kier alpha value is -4.12. The van der Waals surface area contributed by atoms with Gasteiger partial charge >= 0.3 is 0 Å². The van der Waals surface area contributed by atoms with Crippen LogP contribution in [0.5, 0.6) is 11.5 Å². The average molecular weight is 446 g/mol. The summed E-state index contributed by atoms with van der Waals surface area (Å²) < 4.78 is 11.6. The van der Waals surface area contributed by atoms with E-state index in [1.54, 1.807) is 18.3 Å². The van der Waals surface area contributed by atoms with E-state index in [0.717, 1.165) is 12.0 Å². The number of benzene rings is 2. The van der Waals surface area contributed by atoms with Gasteiger partial charge < -0.3 is 9.47 Å². The molecule has 0 amide bonds. The molecule has 8 heteroatoms. The van der Waals surface area contributed by atoms with Crippen molar-refractivity contribution in [1.29, 1.82) is 5.26 Å². The first-order chi connectivity index (χ1) is 16.0. The van der Waals surface area contributed by atoms with Gasteiger partial charge in [0.05, 0.1) is 25.1 Å². The van der Waals surface area contributed by atoms with Gasteiger partial charge in [0.15, 0.2) is 11.5 Å². The summed E-state index contributed by atoms with van der Waals surface area (Å²) in [6.07, 6.45) is 2.54. The van der Waals surface area contributed by atoms with Gasteiger partial charge in [-0.3, -0.25) is 9.78 Å². The Morgan fingerprint density at radius 1 is 1.18 bits per heavy atom. The van der Waals surface area contributed by atoms with E-state index < -0.39 is 5.56 Å². The lowest BCUT2D eigenvalue weighted by atomic mass is 10.1. The maximum Gasteiger partial charge on any atom is 0.270 e. The number of H-pyrrole nitrogens is 1. The minimum absolute atomic E-state index is 0.0508. The van der Waals surface area contributed by atoms with Gasteiger partial charge in [0.2, 0.25) is 5.95 Å². The number of hydrogen-bond donors (Lipinski definition) is 2. The number of anilines is 1. The van der Waals surface area contributed by atoms with Crippen LogP contribution in [0.2, 0.25) is 0 Å². The zero-order chi connectivity index (χ0) is 23.6. The van der Waals surface area contributed by atoms with Gasteiger partial charge in [-0.1, -0.05) is 44.2 Å². The molecule has 3 rings (SSSR count). The minimum atomic E-state index is -0.536. The normalized spacial score (nSPS) is 10.9. The molecule has 0 saturated heterocycles. The van der Waals surface area contributed by atoms with Crippen LogP contribution >= 0.6 is 0 Å².